The highest BCUT2D eigenvalue weighted by molar-refractivity contribution is 5.71. The number of carbonyl (C=O) groups excluding carboxylic acids is 1. The fraction of sp³-hybridized carbons (Fsp3) is 0.680. The summed E-state index contributed by atoms with van der Waals surface area (Å²) in [4.78, 5) is 23.0. The van der Waals surface area contributed by atoms with Crippen LogP contribution in [0.25, 0.3) is 0 Å². The highest BCUT2D eigenvalue weighted by Crippen LogP contribution is 2.11. The van der Waals surface area contributed by atoms with Crippen molar-refractivity contribution in [3.63, 3.8) is 0 Å². The van der Waals surface area contributed by atoms with Gasteiger partial charge in [0.15, 0.2) is 6.10 Å². The fourth-order valence-corrected chi connectivity index (χ4v) is 3.08. The zero-order valence-electron chi connectivity index (χ0n) is 19.6. The van der Waals surface area contributed by atoms with Crippen molar-refractivity contribution in [2.45, 2.75) is 83.7 Å². The van der Waals surface area contributed by atoms with Crippen molar-refractivity contribution in [3.8, 4) is 0 Å². The molecule has 172 valence electrons. The Morgan fingerprint density at radius 3 is 2.03 bits per heavy atom. The van der Waals surface area contributed by atoms with E-state index in [1.165, 1.54) is 12.8 Å². The molecular weight excluding hydrogens is 378 g/mol. The monoisotopic (exact) mass is 422 g/mol. The zero-order valence-corrected chi connectivity index (χ0v) is 19.6. The van der Waals surface area contributed by atoms with Gasteiger partial charge in [0.05, 0.1) is 27.6 Å². The number of hydrogen-bond donors (Lipinski definition) is 1. The molecule has 0 aliphatic rings. The maximum atomic E-state index is 12.0. The van der Waals surface area contributed by atoms with Crippen LogP contribution < -0.4 is 0 Å². The lowest BCUT2D eigenvalue weighted by atomic mass is 10.1. The first-order chi connectivity index (χ1) is 14.2. The number of quaternary nitrogens is 1. The van der Waals surface area contributed by atoms with Gasteiger partial charge in [-0.3, -0.25) is 9.59 Å². The Morgan fingerprint density at radius 1 is 0.867 bits per heavy atom. The Bertz CT molecular complexity index is 544. The summed E-state index contributed by atoms with van der Waals surface area (Å²) in [5, 5.41) is 9.00. The van der Waals surface area contributed by atoms with E-state index in [2.05, 4.69) is 43.4 Å². The van der Waals surface area contributed by atoms with Crippen LogP contribution in [0.3, 0.4) is 0 Å². The molecule has 0 aromatic rings. The number of carbonyl (C=O) groups is 2. The Morgan fingerprint density at radius 2 is 1.43 bits per heavy atom. The number of unbranched alkanes of at least 4 members (excludes halogenated alkanes) is 5. The van der Waals surface area contributed by atoms with Gasteiger partial charge in [-0.15, -0.1) is 0 Å². The van der Waals surface area contributed by atoms with Crippen LogP contribution in [0.5, 0.6) is 0 Å². The number of aliphatic carboxylic acids is 1. The van der Waals surface area contributed by atoms with Crippen molar-refractivity contribution in [2.75, 3.05) is 27.7 Å². The van der Waals surface area contributed by atoms with Gasteiger partial charge in [0, 0.05) is 6.42 Å². The summed E-state index contributed by atoms with van der Waals surface area (Å²) in [7, 11) is 5.88. The van der Waals surface area contributed by atoms with Gasteiger partial charge in [-0.25, -0.2) is 0 Å². The predicted octanol–water partition coefficient (Wildman–Crippen LogP) is 5.67. The molecule has 0 aliphatic carbocycles. The number of carboxylic acids is 1. The van der Waals surface area contributed by atoms with Crippen LogP contribution in [-0.4, -0.2) is 55.3 Å². The summed E-state index contributed by atoms with van der Waals surface area (Å²) in [5.74, 6) is -1.22. The third kappa shape index (κ3) is 20.8. The normalized spacial score (nSPS) is 13.5. The number of carboxylic acid groups (broad SMARTS) is 1. The van der Waals surface area contributed by atoms with Crippen LogP contribution in [0, 0.1) is 0 Å². The molecule has 0 rings (SSSR count). The molecule has 0 saturated carbocycles. The molecule has 0 spiro atoms. The largest absolute Gasteiger partial charge is 0.481 e. The third-order valence-corrected chi connectivity index (χ3v) is 4.48. The summed E-state index contributed by atoms with van der Waals surface area (Å²) in [5.41, 5.74) is 0. The van der Waals surface area contributed by atoms with E-state index < -0.39 is 12.1 Å². The number of rotatable bonds is 18. The minimum absolute atomic E-state index is 0.138. The van der Waals surface area contributed by atoms with E-state index in [1.807, 2.05) is 21.1 Å². The van der Waals surface area contributed by atoms with Crippen LogP contribution in [0.1, 0.15) is 77.6 Å². The molecule has 0 saturated heterocycles. The first-order valence-electron chi connectivity index (χ1n) is 11.4. The molecule has 0 unspecified atom stereocenters. The molecule has 0 heterocycles. The fourth-order valence-electron chi connectivity index (χ4n) is 3.08. The zero-order chi connectivity index (χ0) is 22.7. The quantitative estimate of drug-likeness (QED) is 0.134. The van der Waals surface area contributed by atoms with E-state index in [9.17, 15) is 9.59 Å². The molecule has 30 heavy (non-hydrogen) atoms. The Kier molecular flexibility index (Phi) is 16.8. The number of hydrogen-bond acceptors (Lipinski definition) is 3. The maximum Gasteiger partial charge on any atom is 0.307 e. The van der Waals surface area contributed by atoms with Crippen LogP contribution in [-0.2, 0) is 14.3 Å². The van der Waals surface area contributed by atoms with Gasteiger partial charge in [0.1, 0.15) is 6.54 Å². The molecule has 5 heteroatoms. The first-order valence-corrected chi connectivity index (χ1v) is 11.4. The minimum atomic E-state index is -0.935. The molecule has 0 aliphatic heterocycles. The van der Waals surface area contributed by atoms with Crippen molar-refractivity contribution in [1.82, 2.24) is 0 Å². The molecular formula is C25H44NO4+. The Hall–Kier alpha value is -1.88. The number of likely N-dealkylation sites (N-methyl/N-ethyl adjacent to an activating group) is 1. The molecule has 1 atom stereocenters. The second kappa shape index (κ2) is 17.9. The summed E-state index contributed by atoms with van der Waals surface area (Å²) in [6, 6.07) is 0. The SMILES string of the molecule is CC/C=C\C/C=C\C/C=C\CCCCCCCC(=O)O[C@@H](CC(=O)O)C[N+](C)(C)C. The van der Waals surface area contributed by atoms with Crippen LogP contribution >= 0.6 is 0 Å². The molecule has 0 radical (unpaired) electrons. The van der Waals surface area contributed by atoms with Gasteiger partial charge in [-0.05, 0) is 38.5 Å². The summed E-state index contributed by atoms with van der Waals surface area (Å²) in [6.07, 6.45) is 22.4. The number of esters is 1. The van der Waals surface area contributed by atoms with Gasteiger partial charge in [0.2, 0.25) is 0 Å². The molecule has 0 aromatic carbocycles. The molecule has 0 amide bonds. The van der Waals surface area contributed by atoms with Crippen molar-refractivity contribution in [3.05, 3.63) is 36.5 Å². The third-order valence-electron chi connectivity index (χ3n) is 4.48. The average Bonchev–Trinajstić information content (AvgIpc) is 2.63. The van der Waals surface area contributed by atoms with Gasteiger partial charge >= 0.3 is 11.9 Å². The summed E-state index contributed by atoms with van der Waals surface area (Å²) in [6.45, 7) is 2.64. The van der Waals surface area contributed by atoms with Crippen LogP contribution in [0.15, 0.2) is 36.5 Å². The number of nitrogens with zero attached hydrogens (tertiary/aromatic N) is 1. The molecule has 0 bridgehead atoms. The first kappa shape index (κ1) is 28.1. The highest BCUT2D eigenvalue weighted by atomic mass is 16.5. The van der Waals surface area contributed by atoms with Crippen molar-refractivity contribution < 1.29 is 23.9 Å². The summed E-state index contributed by atoms with van der Waals surface area (Å²) >= 11 is 0. The van der Waals surface area contributed by atoms with E-state index in [1.54, 1.807) is 0 Å². The van der Waals surface area contributed by atoms with E-state index in [0.29, 0.717) is 17.4 Å². The predicted molar refractivity (Wildman–Crippen MR) is 124 cm³/mol. The van der Waals surface area contributed by atoms with Gasteiger partial charge in [-0.1, -0.05) is 62.6 Å². The van der Waals surface area contributed by atoms with Gasteiger partial charge in [0.25, 0.3) is 0 Å². The standard InChI is InChI=1S/C25H43NO4/c1-5-6-7-8-9-10-11-12-13-14-15-16-17-18-19-20-25(29)30-23(21-24(27)28)22-26(2,3)4/h6-7,9-10,12-13,23H,5,8,11,14-22H2,1-4H3/p+1/b7-6-,10-9-,13-12-/t23-/m0/s1. The average molecular weight is 423 g/mol. The molecule has 0 fully saturated rings. The Balaban J connectivity index is 3.75. The van der Waals surface area contributed by atoms with Crippen LogP contribution in [0.2, 0.25) is 0 Å². The van der Waals surface area contributed by atoms with E-state index >= 15 is 0 Å². The van der Waals surface area contributed by atoms with E-state index in [-0.39, 0.29) is 12.4 Å². The molecule has 0 aromatic heterocycles. The smallest absolute Gasteiger partial charge is 0.307 e. The maximum absolute atomic E-state index is 12.0. The van der Waals surface area contributed by atoms with Crippen molar-refractivity contribution >= 4 is 11.9 Å². The topological polar surface area (TPSA) is 63.6 Å². The minimum Gasteiger partial charge on any atom is -0.481 e. The highest BCUT2D eigenvalue weighted by Gasteiger charge is 2.24. The molecule has 5 nitrogen and oxygen atoms in total. The van der Waals surface area contributed by atoms with Crippen molar-refractivity contribution in [1.29, 1.82) is 0 Å². The van der Waals surface area contributed by atoms with Gasteiger partial charge < -0.3 is 14.3 Å². The van der Waals surface area contributed by atoms with Gasteiger partial charge in [-0.2, -0.15) is 0 Å². The lowest BCUT2D eigenvalue weighted by Gasteiger charge is -2.28. The lowest BCUT2D eigenvalue weighted by molar-refractivity contribution is -0.873. The number of ether oxygens (including phenoxy) is 1. The second-order valence-corrected chi connectivity index (χ2v) is 8.78. The second-order valence-electron chi connectivity index (χ2n) is 8.78. The van der Waals surface area contributed by atoms with Crippen molar-refractivity contribution in [2.24, 2.45) is 0 Å². The Labute approximate surface area is 184 Å². The van der Waals surface area contributed by atoms with E-state index in [4.69, 9.17) is 9.84 Å². The van der Waals surface area contributed by atoms with Crippen LogP contribution in [0.4, 0.5) is 0 Å². The molecule has 1 N–H and O–H groups in total. The summed E-state index contributed by atoms with van der Waals surface area (Å²) < 4.78 is 5.96. The lowest BCUT2D eigenvalue weighted by Crippen LogP contribution is -2.43. The number of allylic oxidation sites excluding steroid dienone is 6. The van der Waals surface area contributed by atoms with E-state index in [0.717, 1.165) is 44.9 Å².